The number of unbranched alkanes of at least 4 members (excludes halogenated alkanes) is 4. The number of halogens is 1. The minimum absolute atomic E-state index is 0.119. The molecule has 0 aromatic carbocycles. The van der Waals surface area contributed by atoms with E-state index in [-0.39, 0.29) is 12.8 Å². The quantitative estimate of drug-likeness (QED) is 0.563. The Bertz CT molecular complexity index is 85.9. The SMILES string of the molecule is CCC(O)CCCCCCCF. The van der Waals surface area contributed by atoms with Crippen LogP contribution in [0, 0.1) is 0 Å². The topological polar surface area (TPSA) is 20.2 Å². The smallest absolute Gasteiger partial charge is 0.0894 e. The van der Waals surface area contributed by atoms with Gasteiger partial charge in [0, 0.05) is 0 Å². The molecule has 1 atom stereocenters. The first-order valence-electron chi connectivity index (χ1n) is 5.05. The standard InChI is InChI=1S/C10H21FO/c1-2-10(12)8-6-4-3-5-7-9-11/h10,12H,2-9H2,1H3. The molecule has 0 saturated carbocycles. The summed E-state index contributed by atoms with van der Waals surface area (Å²) in [6.07, 6.45) is 6.68. The fourth-order valence-corrected chi connectivity index (χ4v) is 1.21. The first kappa shape index (κ1) is 11.9. The largest absolute Gasteiger partial charge is 0.393 e. The predicted octanol–water partition coefficient (Wildman–Crippen LogP) is 3.07. The van der Waals surface area contributed by atoms with Crippen molar-refractivity contribution in [1.29, 1.82) is 0 Å². The number of aliphatic hydroxyl groups is 1. The molecule has 0 saturated heterocycles. The van der Waals surface area contributed by atoms with Crippen LogP contribution in [0.15, 0.2) is 0 Å². The van der Waals surface area contributed by atoms with Gasteiger partial charge in [-0.3, -0.25) is 4.39 Å². The van der Waals surface area contributed by atoms with Crippen LogP contribution < -0.4 is 0 Å². The van der Waals surface area contributed by atoms with E-state index in [0.717, 1.165) is 38.5 Å². The number of hydrogen-bond acceptors (Lipinski definition) is 1. The third-order valence-electron chi connectivity index (χ3n) is 2.14. The zero-order valence-corrected chi connectivity index (χ0v) is 8.06. The number of alkyl halides is 1. The van der Waals surface area contributed by atoms with Crippen LogP contribution in [0.4, 0.5) is 4.39 Å². The summed E-state index contributed by atoms with van der Waals surface area (Å²) < 4.78 is 11.6. The van der Waals surface area contributed by atoms with E-state index in [1.807, 2.05) is 6.92 Å². The highest BCUT2D eigenvalue weighted by Gasteiger charge is 1.99. The molecule has 0 rings (SSSR count). The van der Waals surface area contributed by atoms with Crippen molar-refractivity contribution in [2.24, 2.45) is 0 Å². The molecular formula is C10H21FO. The summed E-state index contributed by atoms with van der Waals surface area (Å²) in [7, 11) is 0. The summed E-state index contributed by atoms with van der Waals surface area (Å²) in [5.74, 6) is 0. The van der Waals surface area contributed by atoms with E-state index in [4.69, 9.17) is 0 Å². The molecule has 1 unspecified atom stereocenters. The first-order chi connectivity index (χ1) is 5.81. The Morgan fingerprint density at radius 3 is 2.25 bits per heavy atom. The lowest BCUT2D eigenvalue weighted by Gasteiger charge is -2.06. The van der Waals surface area contributed by atoms with Gasteiger partial charge in [0.05, 0.1) is 12.8 Å². The van der Waals surface area contributed by atoms with Crippen molar-refractivity contribution >= 4 is 0 Å². The van der Waals surface area contributed by atoms with Crippen LogP contribution in [-0.2, 0) is 0 Å². The van der Waals surface area contributed by atoms with Gasteiger partial charge in [-0.05, 0) is 19.3 Å². The molecule has 0 heterocycles. The predicted molar refractivity (Wildman–Crippen MR) is 50.0 cm³/mol. The zero-order valence-electron chi connectivity index (χ0n) is 8.06. The van der Waals surface area contributed by atoms with Crippen LogP contribution in [0.2, 0.25) is 0 Å². The molecule has 74 valence electrons. The Labute approximate surface area is 75.0 Å². The van der Waals surface area contributed by atoms with Gasteiger partial charge in [-0.25, -0.2) is 0 Å². The van der Waals surface area contributed by atoms with Crippen LogP contribution in [-0.4, -0.2) is 17.9 Å². The summed E-state index contributed by atoms with van der Waals surface area (Å²) in [4.78, 5) is 0. The molecule has 1 nitrogen and oxygen atoms in total. The molecule has 0 aliphatic heterocycles. The Kier molecular flexibility index (Phi) is 8.90. The van der Waals surface area contributed by atoms with Crippen molar-refractivity contribution in [3.05, 3.63) is 0 Å². The van der Waals surface area contributed by atoms with Crippen molar-refractivity contribution in [3.8, 4) is 0 Å². The van der Waals surface area contributed by atoms with Crippen LogP contribution in [0.25, 0.3) is 0 Å². The van der Waals surface area contributed by atoms with E-state index in [0.29, 0.717) is 6.42 Å². The maximum Gasteiger partial charge on any atom is 0.0894 e. The van der Waals surface area contributed by atoms with Crippen molar-refractivity contribution in [1.82, 2.24) is 0 Å². The maximum atomic E-state index is 11.6. The molecule has 12 heavy (non-hydrogen) atoms. The fourth-order valence-electron chi connectivity index (χ4n) is 1.21. The van der Waals surface area contributed by atoms with E-state index in [1.165, 1.54) is 0 Å². The van der Waals surface area contributed by atoms with Crippen molar-refractivity contribution < 1.29 is 9.50 Å². The van der Waals surface area contributed by atoms with E-state index in [2.05, 4.69) is 0 Å². The van der Waals surface area contributed by atoms with E-state index >= 15 is 0 Å². The monoisotopic (exact) mass is 176 g/mol. The highest BCUT2D eigenvalue weighted by atomic mass is 19.1. The Balaban J connectivity index is 2.90. The highest BCUT2D eigenvalue weighted by Crippen LogP contribution is 2.08. The van der Waals surface area contributed by atoms with Crippen LogP contribution in [0.1, 0.15) is 51.9 Å². The highest BCUT2D eigenvalue weighted by molar-refractivity contribution is 4.52. The molecule has 0 aromatic heterocycles. The van der Waals surface area contributed by atoms with Crippen molar-refractivity contribution in [2.75, 3.05) is 6.67 Å². The second kappa shape index (κ2) is 8.98. The molecular weight excluding hydrogens is 155 g/mol. The van der Waals surface area contributed by atoms with Gasteiger partial charge in [0.2, 0.25) is 0 Å². The molecule has 0 bridgehead atoms. The van der Waals surface area contributed by atoms with Gasteiger partial charge in [-0.2, -0.15) is 0 Å². The summed E-state index contributed by atoms with van der Waals surface area (Å²) in [6, 6.07) is 0. The second-order valence-corrected chi connectivity index (χ2v) is 3.31. The lowest BCUT2D eigenvalue weighted by molar-refractivity contribution is 0.156. The summed E-state index contributed by atoms with van der Waals surface area (Å²) >= 11 is 0. The third kappa shape index (κ3) is 7.99. The molecule has 0 amide bonds. The maximum absolute atomic E-state index is 11.6. The van der Waals surface area contributed by atoms with Gasteiger partial charge in [-0.1, -0.05) is 32.6 Å². The minimum atomic E-state index is -0.183. The van der Waals surface area contributed by atoms with Gasteiger partial charge < -0.3 is 5.11 Å². The molecule has 0 radical (unpaired) electrons. The number of rotatable bonds is 8. The fraction of sp³-hybridized carbons (Fsp3) is 1.00. The molecule has 0 aliphatic rings. The summed E-state index contributed by atoms with van der Waals surface area (Å²) in [5, 5.41) is 9.20. The lowest BCUT2D eigenvalue weighted by atomic mass is 10.1. The summed E-state index contributed by atoms with van der Waals surface area (Å²) in [5.41, 5.74) is 0. The van der Waals surface area contributed by atoms with Crippen LogP contribution in [0.3, 0.4) is 0 Å². The molecule has 0 spiro atoms. The Morgan fingerprint density at radius 1 is 1.08 bits per heavy atom. The molecule has 0 aliphatic carbocycles. The van der Waals surface area contributed by atoms with E-state index in [9.17, 15) is 9.50 Å². The van der Waals surface area contributed by atoms with Crippen LogP contribution >= 0.6 is 0 Å². The second-order valence-electron chi connectivity index (χ2n) is 3.31. The Morgan fingerprint density at radius 2 is 1.67 bits per heavy atom. The third-order valence-corrected chi connectivity index (χ3v) is 2.14. The van der Waals surface area contributed by atoms with Gasteiger partial charge in [-0.15, -0.1) is 0 Å². The van der Waals surface area contributed by atoms with Gasteiger partial charge in [0.1, 0.15) is 0 Å². The van der Waals surface area contributed by atoms with Crippen molar-refractivity contribution in [2.45, 2.75) is 58.0 Å². The Hall–Kier alpha value is -0.110. The molecule has 1 N–H and O–H groups in total. The summed E-state index contributed by atoms with van der Waals surface area (Å²) in [6.45, 7) is 1.81. The average molecular weight is 176 g/mol. The van der Waals surface area contributed by atoms with E-state index < -0.39 is 0 Å². The average Bonchev–Trinajstić information content (AvgIpc) is 2.10. The number of hydrogen-bond donors (Lipinski definition) is 1. The van der Waals surface area contributed by atoms with Gasteiger partial charge in [0.15, 0.2) is 0 Å². The minimum Gasteiger partial charge on any atom is -0.393 e. The number of aliphatic hydroxyl groups excluding tert-OH is 1. The molecule has 2 heteroatoms. The first-order valence-corrected chi connectivity index (χ1v) is 5.05. The van der Waals surface area contributed by atoms with Crippen LogP contribution in [0.5, 0.6) is 0 Å². The normalized spacial score (nSPS) is 13.2. The molecule has 0 aromatic rings. The molecule has 0 fully saturated rings. The lowest BCUT2D eigenvalue weighted by Crippen LogP contribution is -2.03. The van der Waals surface area contributed by atoms with Gasteiger partial charge in [0.25, 0.3) is 0 Å². The van der Waals surface area contributed by atoms with Crippen molar-refractivity contribution in [3.63, 3.8) is 0 Å². The zero-order chi connectivity index (χ0) is 9.23. The van der Waals surface area contributed by atoms with E-state index in [1.54, 1.807) is 0 Å². The van der Waals surface area contributed by atoms with Gasteiger partial charge >= 0.3 is 0 Å².